The Morgan fingerprint density at radius 1 is 1.28 bits per heavy atom. The number of hydrogen-bond acceptors (Lipinski definition) is 3. The summed E-state index contributed by atoms with van der Waals surface area (Å²) in [6.45, 7) is 5.12. The van der Waals surface area contributed by atoms with Crippen molar-refractivity contribution >= 4 is 39.9 Å². The molecule has 1 amide bonds. The van der Waals surface area contributed by atoms with E-state index in [2.05, 4.69) is 33.9 Å². The molecule has 0 saturated carbocycles. The lowest BCUT2D eigenvalue weighted by atomic mass is 10.0. The van der Waals surface area contributed by atoms with Crippen LogP contribution < -0.4 is 10.2 Å². The van der Waals surface area contributed by atoms with E-state index in [9.17, 15) is 9.18 Å². The van der Waals surface area contributed by atoms with Crippen LogP contribution in [0.5, 0.6) is 0 Å². The lowest BCUT2D eigenvalue weighted by Gasteiger charge is -2.34. The molecule has 0 atom stereocenters. The van der Waals surface area contributed by atoms with Crippen LogP contribution in [0.25, 0.3) is 10.9 Å². The van der Waals surface area contributed by atoms with Crippen LogP contribution in [0.15, 0.2) is 36.5 Å². The van der Waals surface area contributed by atoms with Crippen LogP contribution in [-0.4, -0.2) is 28.5 Å². The Hall–Kier alpha value is -2.60. The number of hydrogen-bond donors (Lipinski definition) is 1. The highest BCUT2D eigenvalue weighted by molar-refractivity contribution is 6.30. The molecule has 0 spiro atoms. The molecule has 4 rings (SSSR count). The summed E-state index contributed by atoms with van der Waals surface area (Å²) >= 11 is 5.83. The topological polar surface area (TPSA) is 50.2 Å². The van der Waals surface area contributed by atoms with E-state index in [0.29, 0.717) is 16.9 Å². The summed E-state index contributed by atoms with van der Waals surface area (Å²) in [5.41, 5.74) is 3.20. The molecule has 2 aromatic heterocycles. The van der Waals surface area contributed by atoms with Gasteiger partial charge >= 0.3 is 0 Å². The third kappa shape index (κ3) is 3.94. The Labute approximate surface area is 174 Å². The van der Waals surface area contributed by atoms with Crippen LogP contribution in [0.1, 0.15) is 38.4 Å². The molecule has 3 heterocycles. The van der Waals surface area contributed by atoms with E-state index in [1.165, 1.54) is 30.3 Å². The second kappa shape index (κ2) is 8.03. The van der Waals surface area contributed by atoms with E-state index in [0.717, 1.165) is 43.6 Å². The minimum absolute atomic E-state index is 0.0797. The lowest BCUT2D eigenvalue weighted by Crippen LogP contribution is -2.36. The summed E-state index contributed by atoms with van der Waals surface area (Å²) in [5, 5.41) is 4.35. The maximum atomic E-state index is 14.3. The molecule has 3 aromatic rings. The van der Waals surface area contributed by atoms with Crippen molar-refractivity contribution in [2.75, 3.05) is 23.3 Å². The average Bonchev–Trinajstić information content (AvgIpc) is 3.05. The van der Waals surface area contributed by atoms with Crippen LogP contribution in [0.4, 0.5) is 15.9 Å². The monoisotopic (exact) mass is 414 g/mol. The third-order valence-corrected chi connectivity index (χ3v) is 5.73. The first kappa shape index (κ1) is 19.7. The van der Waals surface area contributed by atoms with E-state index in [1.807, 2.05) is 17.0 Å². The van der Waals surface area contributed by atoms with Crippen LogP contribution in [0.2, 0.25) is 5.02 Å². The molecule has 1 aromatic carbocycles. The summed E-state index contributed by atoms with van der Waals surface area (Å²) < 4.78 is 16.6. The largest absolute Gasteiger partial charge is 0.354 e. The standard InChI is InChI=1S/C22H24ClFN4O/c1-3-18-10-15-4-5-17(26-14(2)29)12-21(15)28(18)19-6-8-27(9-7-19)22-20(24)11-16(23)13-25-22/h4-5,10-13,19H,3,6-9H2,1-2H3,(H,26,29). The molecule has 5 nitrogen and oxygen atoms in total. The van der Waals surface area contributed by atoms with E-state index in [-0.39, 0.29) is 11.7 Å². The van der Waals surface area contributed by atoms with Gasteiger partial charge in [-0.15, -0.1) is 0 Å². The number of aromatic nitrogens is 2. The number of carbonyl (C=O) groups excluding carboxylic acids is 1. The van der Waals surface area contributed by atoms with Crippen LogP contribution in [0.3, 0.4) is 0 Å². The number of aryl methyl sites for hydroxylation is 1. The number of nitrogens with zero attached hydrogens (tertiary/aromatic N) is 3. The molecule has 29 heavy (non-hydrogen) atoms. The van der Waals surface area contributed by atoms with E-state index < -0.39 is 0 Å². The number of piperidine rings is 1. The molecule has 0 unspecified atom stereocenters. The molecule has 1 saturated heterocycles. The molecular formula is C22H24ClFN4O. The lowest BCUT2D eigenvalue weighted by molar-refractivity contribution is -0.114. The van der Waals surface area contributed by atoms with Crippen molar-refractivity contribution in [2.24, 2.45) is 0 Å². The first-order valence-corrected chi connectivity index (χ1v) is 10.3. The predicted molar refractivity (Wildman–Crippen MR) is 115 cm³/mol. The Morgan fingerprint density at radius 3 is 2.69 bits per heavy atom. The van der Waals surface area contributed by atoms with Gasteiger partial charge < -0.3 is 14.8 Å². The van der Waals surface area contributed by atoms with Crippen molar-refractivity contribution in [3.63, 3.8) is 0 Å². The number of halogens is 2. The summed E-state index contributed by atoms with van der Waals surface area (Å²) in [6, 6.07) is 9.89. The van der Waals surface area contributed by atoms with Crippen LogP contribution in [-0.2, 0) is 11.2 Å². The number of fused-ring (bicyclic) bond motifs is 1. The normalized spacial score (nSPS) is 15.1. The molecule has 7 heteroatoms. The molecule has 1 aliphatic rings. The number of anilines is 2. The van der Waals surface area contributed by atoms with E-state index in [1.54, 1.807) is 0 Å². The molecule has 1 N–H and O–H groups in total. The Bertz CT molecular complexity index is 1060. The number of nitrogens with one attached hydrogen (secondary N) is 1. The first-order chi connectivity index (χ1) is 14.0. The highest BCUT2D eigenvalue weighted by atomic mass is 35.5. The van der Waals surface area contributed by atoms with Gasteiger partial charge in [0.25, 0.3) is 0 Å². The number of pyridine rings is 1. The van der Waals surface area contributed by atoms with Crippen molar-refractivity contribution in [1.82, 2.24) is 9.55 Å². The molecule has 0 radical (unpaired) electrons. The zero-order chi connectivity index (χ0) is 20.5. The Balaban J connectivity index is 1.60. The van der Waals surface area contributed by atoms with Gasteiger partial charge in [0.05, 0.1) is 10.5 Å². The van der Waals surface area contributed by atoms with Gasteiger partial charge in [-0.05, 0) is 43.5 Å². The first-order valence-electron chi connectivity index (χ1n) is 9.93. The Morgan fingerprint density at radius 2 is 2.03 bits per heavy atom. The van der Waals surface area contributed by atoms with Gasteiger partial charge in [-0.1, -0.05) is 24.6 Å². The smallest absolute Gasteiger partial charge is 0.221 e. The maximum absolute atomic E-state index is 14.3. The second-order valence-corrected chi connectivity index (χ2v) is 7.93. The summed E-state index contributed by atoms with van der Waals surface area (Å²) in [6.07, 6.45) is 4.21. The zero-order valence-corrected chi connectivity index (χ0v) is 17.3. The van der Waals surface area contributed by atoms with E-state index >= 15 is 0 Å². The van der Waals surface area contributed by atoms with E-state index in [4.69, 9.17) is 11.6 Å². The van der Waals surface area contributed by atoms with Crippen molar-refractivity contribution in [3.05, 3.63) is 53.1 Å². The van der Waals surface area contributed by atoms with Gasteiger partial charge in [-0.2, -0.15) is 0 Å². The second-order valence-electron chi connectivity index (χ2n) is 7.49. The number of benzene rings is 1. The molecule has 1 fully saturated rings. The SMILES string of the molecule is CCc1cc2ccc(NC(C)=O)cc2n1C1CCN(c2ncc(Cl)cc2F)CC1. The highest BCUT2D eigenvalue weighted by Crippen LogP contribution is 2.34. The van der Waals surface area contributed by atoms with Gasteiger partial charge in [-0.25, -0.2) is 9.37 Å². The van der Waals surface area contributed by atoms with Gasteiger partial charge in [0.1, 0.15) is 0 Å². The van der Waals surface area contributed by atoms with Crippen molar-refractivity contribution in [2.45, 2.75) is 39.2 Å². The summed E-state index contributed by atoms with van der Waals surface area (Å²) in [7, 11) is 0. The quantitative estimate of drug-likeness (QED) is 0.639. The van der Waals surface area contributed by atoms with Gasteiger partial charge in [0, 0.05) is 49.0 Å². The molecular weight excluding hydrogens is 391 g/mol. The fraction of sp³-hybridized carbons (Fsp3) is 0.364. The van der Waals surface area contributed by atoms with Gasteiger partial charge in [0.15, 0.2) is 11.6 Å². The minimum atomic E-state index is -0.378. The molecule has 152 valence electrons. The third-order valence-electron chi connectivity index (χ3n) is 5.52. The summed E-state index contributed by atoms with van der Waals surface area (Å²) in [5.74, 6) is -0.0885. The van der Waals surface area contributed by atoms with Crippen molar-refractivity contribution in [3.8, 4) is 0 Å². The van der Waals surface area contributed by atoms with Gasteiger partial charge in [0.2, 0.25) is 5.91 Å². The van der Waals surface area contributed by atoms with Crippen molar-refractivity contribution in [1.29, 1.82) is 0 Å². The van der Waals surface area contributed by atoms with Crippen molar-refractivity contribution < 1.29 is 9.18 Å². The fourth-order valence-corrected chi connectivity index (χ4v) is 4.38. The zero-order valence-electron chi connectivity index (χ0n) is 16.6. The Kier molecular flexibility index (Phi) is 5.46. The van der Waals surface area contributed by atoms with Crippen LogP contribution in [0, 0.1) is 5.82 Å². The number of rotatable bonds is 4. The maximum Gasteiger partial charge on any atom is 0.221 e. The number of amides is 1. The predicted octanol–water partition coefficient (Wildman–Crippen LogP) is 5.19. The number of carbonyl (C=O) groups is 1. The van der Waals surface area contributed by atoms with Crippen LogP contribution >= 0.6 is 11.6 Å². The average molecular weight is 415 g/mol. The molecule has 0 bridgehead atoms. The van der Waals surface area contributed by atoms with Gasteiger partial charge in [-0.3, -0.25) is 4.79 Å². The highest BCUT2D eigenvalue weighted by Gasteiger charge is 2.25. The minimum Gasteiger partial charge on any atom is -0.354 e. The fourth-order valence-electron chi connectivity index (χ4n) is 4.24. The summed E-state index contributed by atoms with van der Waals surface area (Å²) in [4.78, 5) is 17.6. The molecule has 1 aliphatic heterocycles. The molecule has 0 aliphatic carbocycles.